The summed E-state index contributed by atoms with van der Waals surface area (Å²) in [7, 11) is 0. The molecular weight excluding hydrogens is 256 g/mol. The lowest BCUT2D eigenvalue weighted by molar-refractivity contribution is 1.13. The first-order valence-electron chi connectivity index (χ1n) is 6.00. The van der Waals surface area contributed by atoms with Gasteiger partial charge in [0, 0.05) is 24.3 Å². The summed E-state index contributed by atoms with van der Waals surface area (Å²) in [5, 5.41) is 0.857. The van der Waals surface area contributed by atoms with Crippen molar-refractivity contribution in [1.82, 2.24) is 14.4 Å². The van der Waals surface area contributed by atoms with Crippen molar-refractivity contribution >= 4 is 23.1 Å². The van der Waals surface area contributed by atoms with Gasteiger partial charge in [-0.2, -0.15) is 0 Å². The van der Waals surface area contributed by atoms with E-state index in [1.165, 1.54) is 5.56 Å². The molecule has 0 saturated carbocycles. The predicted octanol–water partition coefficient (Wildman–Crippen LogP) is 2.91. The summed E-state index contributed by atoms with van der Waals surface area (Å²) in [5.41, 5.74) is 9.80. The Hall–Kier alpha value is -2.01. The van der Waals surface area contributed by atoms with E-state index < -0.39 is 0 Å². The number of thioether (sulfide) groups is 1. The summed E-state index contributed by atoms with van der Waals surface area (Å²) in [6.45, 7) is 2.07. The van der Waals surface area contributed by atoms with Gasteiger partial charge in [-0.1, -0.05) is 17.8 Å². The highest BCUT2D eigenvalue weighted by molar-refractivity contribution is 7.98. The summed E-state index contributed by atoms with van der Waals surface area (Å²) in [4.78, 5) is 8.84. The van der Waals surface area contributed by atoms with Crippen molar-refractivity contribution < 1.29 is 0 Å². The predicted molar refractivity (Wildman–Crippen MR) is 78.1 cm³/mol. The SMILES string of the molecule is Cc1ccc2nc(CSc3ncccc3N)cn2c1. The maximum Gasteiger partial charge on any atom is 0.137 e. The largest absolute Gasteiger partial charge is 0.397 e. The quantitative estimate of drug-likeness (QED) is 0.743. The monoisotopic (exact) mass is 270 g/mol. The van der Waals surface area contributed by atoms with Crippen molar-refractivity contribution in [3.05, 3.63) is 54.1 Å². The van der Waals surface area contributed by atoms with E-state index in [0.29, 0.717) is 5.69 Å². The van der Waals surface area contributed by atoms with Gasteiger partial charge in [-0.15, -0.1) is 0 Å². The van der Waals surface area contributed by atoms with Crippen LogP contribution in [0.3, 0.4) is 0 Å². The zero-order chi connectivity index (χ0) is 13.2. The lowest BCUT2D eigenvalue weighted by atomic mass is 10.3. The molecule has 2 N–H and O–H groups in total. The smallest absolute Gasteiger partial charge is 0.137 e. The van der Waals surface area contributed by atoms with Crippen molar-refractivity contribution in [1.29, 1.82) is 0 Å². The molecule has 19 heavy (non-hydrogen) atoms. The lowest BCUT2D eigenvalue weighted by Gasteiger charge is -2.01. The third kappa shape index (κ3) is 2.56. The summed E-state index contributed by atoms with van der Waals surface area (Å²) >= 11 is 1.61. The number of aryl methyl sites for hydroxylation is 1. The molecule has 0 unspecified atom stereocenters. The Kier molecular flexibility index (Phi) is 3.13. The third-order valence-corrected chi connectivity index (χ3v) is 3.86. The minimum Gasteiger partial charge on any atom is -0.397 e. The average Bonchev–Trinajstić information content (AvgIpc) is 2.79. The fourth-order valence-electron chi connectivity index (χ4n) is 1.89. The fraction of sp³-hybridized carbons (Fsp3) is 0.143. The Morgan fingerprint density at radius 2 is 2.16 bits per heavy atom. The van der Waals surface area contributed by atoms with Crippen molar-refractivity contribution in [3.63, 3.8) is 0 Å². The van der Waals surface area contributed by atoms with E-state index in [4.69, 9.17) is 5.73 Å². The normalized spacial score (nSPS) is 11.0. The van der Waals surface area contributed by atoms with Crippen LogP contribution in [0.2, 0.25) is 0 Å². The van der Waals surface area contributed by atoms with Gasteiger partial charge in [-0.05, 0) is 30.7 Å². The number of fused-ring (bicyclic) bond motifs is 1. The molecule has 0 radical (unpaired) electrons. The van der Waals surface area contributed by atoms with Crippen LogP contribution in [-0.2, 0) is 5.75 Å². The molecule has 0 fully saturated rings. The molecule has 0 saturated heterocycles. The highest BCUT2D eigenvalue weighted by Gasteiger charge is 2.05. The number of anilines is 1. The van der Waals surface area contributed by atoms with Gasteiger partial charge >= 0.3 is 0 Å². The molecule has 0 bridgehead atoms. The van der Waals surface area contributed by atoms with E-state index in [9.17, 15) is 0 Å². The minimum absolute atomic E-state index is 0.715. The molecule has 96 valence electrons. The van der Waals surface area contributed by atoms with Crippen LogP contribution in [0.5, 0.6) is 0 Å². The van der Waals surface area contributed by atoms with E-state index >= 15 is 0 Å². The highest BCUT2D eigenvalue weighted by atomic mass is 32.2. The first-order chi connectivity index (χ1) is 9.22. The molecule has 0 aliphatic rings. The van der Waals surface area contributed by atoms with Crippen LogP contribution in [0.15, 0.2) is 47.9 Å². The molecule has 0 atom stereocenters. The van der Waals surface area contributed by atoms with E-state index in [2.05, 4.69) is 35.4 Å². The Morgan fingerprint density at radius 3 is 3.00 bits per heavy atom. The molecule has 3 heterocycles. The van der Waals surface area contributed by atoms with Crippen molar-refractivity contribution in [3.8, 4) is 0 Å². The molecule has 5 heteroatoms. The van der Waals surface area contributed by atoms with Crippen LogP contribution in [0.25, 0.3) is 5.65 Å². The zero-order valence-corrected chi connectivity index (χ0v) is 11.4. The average molecular weight is 270 g/mol. The van der Waals surface area contributed by atoms with Crippen LogP contribution in [-0.4, -0.2) is 14.4 Å². The number of rotatable bonds is 3. The van der Waals surface area contributed by atoms with Gasteiger partial charge in [0.15, 0.2) is 0 Å². The van der Waals surface area contributed by atoms with Crippen LogP contribution in [0.1, 0.15) is 11.3 Å². The first kappa shape index (κ1) is 12.0. The van der Waals surface area contributed by atoms with Crippen molar-refractivity contribution in [2.75, 3.05) is 5.73 Å². The van der Waals surface area contributed by atoms with E-state index in [0.717, 1.165) is 22.1 Å². The van der Waals surface area contributed by atoms with Gasteiger partial charge in [0.05, 0.1) is 11.4 Å². The van der Waals surface area contributed by atoms with Gasteiger partial charge in [0.2, 0.25) is 0 Å². The number of hydrogen-bond donors (Lipinski definition) is 1. The molecule has 0 aromatic carbocycles. The number of nitrogens with two attached hydrogens (primary N) is 1. The van der Waals surface area contributed by atoms with Crippen LogP contribution in [0.4, 0.5) is 5.69 Å². The summed E-state index contributed by atoms with van der Waals surface area (Å²) < 4.78 is 2.05. The van der Waals surface area contributed by atoms with Gasteiger partial charge in [-0.25, -0.2) is 9.97 Å². The zero-order valence-electron chi connectivity index (χ0n) is 10.6. The summed E-state index contributed by atoms with van der Waals surface area (Å²) in [5.74, 6) is 0.766. The molecule has 0 aliphatic heterocycles. The summed E-state index contributed by atoms with van der Waals surface area (Å²) in [6, 6.07) is 7.80. The Morgan fingerprint density at radius 1 is 1.26 bits per heavy atom. The topological polar surface area (TPSA) is 56.2 Å². The Bertz CT molecular complexity index is 720. The molecule has 3 aromatic heterocycles. The van der Waals surface area contributed by atoms with E-state index in [-0.39, 0.29) is 0 Å². The van der Waals surface area contributed by atoms with Crippen LogP contribution < -0.4 is 5.73 Å². The molecule has 0 spiro atoms. The van der Waals surface area contributed by atoms with Gasteiger partial charge in [0.1, 0.15) is 10.7 Å². The third-order valence-electron chi connectivity index (χ3n) is 2.81. The molecule has 3 rings (SSSR count). The van der Waals surface area contributed by atoms with E-state index in [1.54, 1.807) is 18.0 Å². The van der Waals surface area contributed by atoms with Crippen molar-refractivity contribution in [2.24, 2.45) is 0 Å². The second-order valence-corrected chi connectivity index (χ2v) is 5.35. The fourth-order valence-corrected chi connectivity index (χ4v) is 2.69. The number of nitrogen functional groups attached to an aromatic ring is 1. The van der Waals surface area contributed by atoms with Gasteiger partial charge in [-0.3, -0.25) is 0 Å². The molecule has 3 aromatic rings. The number of imidazole rings is 1. The highest BCUT2D eigenvalue weighted by Crippen LogP contribution is 2.25. The standard InChI is InChI=1S/C14H14N4S/c1-10-4-5-13-17-11(8-18(13)7-10)9-19-14-12(15)3-2-6-16-14/h2-8H,9,15H2,1H3. The molecule has 0 aliphatic carbocycles. The second-order valence-electron chi connectivity index (χ2n) is 4.39. The maximum atomic E-state index is 5.87. The number of nitrogens with zero attached hydrogens (tertiary/aromatic N) is 3. The molecular formula is C14H14N4S. The number of hydrogen-bond acceptors (Lipinski definition) is 4. The molecule has 4 nitrogen and oxygen atoms in total. The van der Waals surface area contributed by atoms with E-state index in [1.807, 2.05) is 22.6 Å². The first-order valence-corrected chi connectivity index (χ1v) is 6.98. The van der Waals surface area contributed by atoms with Crippen LogP contribution >= 0.6 is 11.8 Å². The van der Waals surface area contributed by atoms with Crippen LogP contribution in [0, 0.1) is 6.92 Å². The Balaban J connectivity index is 1.80. The lowest BCUT2D eigenvalue weighted by Crippen LogP contribution is -1.91. The van der Waals surface area contributed by atoms with Crippen molar-refractivity contribution in [2.45, 2.75) is 17.7 Å². The Labute approximate surface area is 115 Å². The maximum absolute atomic E-state index is 5.87. The molecule has 0 amide bonds. The minimum atomic E-state index is 0.715. The summed E-state index contributed by atoms with van der Waals surface area (Å²) in [6.07, 6.45) is 5.88. The second kappa shape index (κ2) is 4.93. The van der Waals surface area contributed by atoms with Gasteiger partial charge in [0.25, 0.3) is 0 Å². The van der Waals surface area contributed by atoms with Gasteiger partial charge < -0.3 is 10.1 Å². The number of aromatic nitrogens is 3. The number of pyridine rings is 2.